The second-order valence-electron chi connectivity index (χ2n) is 11.0. The lowest BCUT2D eigenvalue weighted by Crippen LogP contribution is -2.53. The molecule has 0 fully saturated rings. The van der Waals surface area contributed by atoms with E-state index in [-0.39, 0.29) is 40.5 Å². The highest BCUT2D eigenvalue weighted by molar-refractivity contribution is 7.92. The molecule has 0 saturated heterocycles. The van der Waals surface area contributed by atoms with Crippen LogP contribution in [0.2, 0.25) is 0 Å². The standard InChI is InChI=1S/C34H45N3O8S/c1-8-28(34(39)35-22-24(2)3)36(19-18-25-12-10-9-11-13-25)33(38)23-37(29-20-26(42-4)14-16-30(29)43-5)46(40,41)27-15-17-31(44-6)32(21-27)45-7/h9-17,20-21,24,28H,8,18-19,22-23H2,1-7H3,(H,35,39)/t28-/m1/s1. The smallest absolute Gasteiger partial charge is 0.265 e. The van der Waals surface area contributed by atoms with Crippen LogP contribution in [0.25, 0.3) is 0 Å². The number of benzene rings is 3. The topological polar surface area (TPSA) is 124 Å². The summed E-state index contributed by atoms with van der Waals surface area (Å²) >= 11 is 0. The van der Waals surface area contributed by atoms with Gasteiger partial charge in [0.15, 0.2) is 11.5 Å². The Morgan fingerprint density at radius 2 is 1.48 bits per heavy atom. The number of hydrogen-bond donors (Lipinski definition) is 1. The molecule has 2 amide bonds. The first-order chi connectivity index (χ1) is 22.0. The molecule has 0 unspecified atom stereocenters. The number of carbonyl (C=O) groups excluding carboxylic acids is 2. The van der Waals surface area contributed by atoms with Crippen molar-refractivity contribution in [3.8, 4) is 23.0 Å². The van der Waals surface area contributed by atoms with Gasteiger partial charge in [-0.15, -0.1) is 0 Å². The van der Waals surface area contributed by atoms with Gasteiger partial charge in [0.2, 0.25) is 11.8 Å². The average molecular weight is 656 g/mol. The molecule has 0 heterocycles. The fraction of sp³-hybridized carbons (Fsp3) is 0.412. The number of rotatable bonds is 17. The lowest BCUT2D eigenvalue weighted by molar-refractivity contribution is -0.139. The van der Waals surface area contributed by atoms with Crippen molar-refractivity contribution in [1.29, 1.82) is 0 Å². The summed E-state index contributed by atoms with van der Waals surface area (Å²) < 4.78 is 51.5. The molecule has 0 aliphatic carbocycles. The highest BCUT2D eigenvalue weighted by Crippen LogP contribution is 2.37. The third-order valence-electron chi connectivity index (χ3n) is 7.43. The van der Waals surface area contributed by atoms with Gasteiger partial charge in [-0.2, -0.15) is 0 Å². The van der Waals surface area contributed by atoms with Crippen molar-refractivity contribution in [2.45, 2.75) is 44.6 Å². The largest absolute Gasteiger partial charge is 0.497 e. The molecule has 0 spiro atoms. The van der Waals surface area contributed by atoms with E-state index in [1.54, 1.807) is 12.1 Å². The number of sulfonamides is 1. The molecule has 0 saturated carbocycles. The lowest BCUT2D eigenvalue weighted by atomic mass is 10.1. The maximum atomic E-state index is 14.4. The zero-order valence-electron chi connectivity index (χ0n) is 27.6. The molecule has 0 aliphatic heterocycles. The molecule has 250 valence electrons. The zero-order valence-corrected chi connectivity index (χ0v) is 28.4. The van der Waals surface area contributed by atoms with E-state index in [1.165, 1.54) is 57.6 Å². The van der Waals surface area contributed by atoms with E-state index in [1.807, 2.05) is 51.1 Å². The van der Waals surface area contributed by atoms with Crippen molar-refractivity contribution in [2.75, 3.05) is 52.4 Å². The number of nitrogens with one attached hydrogen (secondary N) is 1. The van der Waals surface area contributed by atoms with Gasteiger partial charge in [-0.05, 0) is 48.6 Å². The van der Waals surface area contributed by atoms with Crippen LogP contribution in [0.4, 0.5) is 5.69 Å². The number of methoxy groups -OCH3 is 4. The Bertz CT molecular complexity index is 1560. The molecule has 46 heavy (non-hydrogen) atoms. The molecule has 1 atom stereocenters. The minimum absolute atomic E-state index is 0.0882. The van der Waals surface area contributed by atoms with Crippen LogP contribution in [-0.4, -0.2) is 79.2 Å². The Balaban J connectivity index is 2.14. The molecular formula is C34H45N3O8S. The van der Waals surface area contributed by atoms with Crippen LogP contribution in [0.15, 0.2) is 71.6 Å². The molecule has 0 bridgehead atoms. The molecule has 3 aromatic carbocycles. The normalized spacial score (nSPS) is 11.8. The molecule has 3 aromatic rings. The predicted octanol–water partition coefficient (Wildman–Crippen LogP) is 4.54. The quantitative estimate of drug-likeness (QED) is 0.225. The summed E-state index contributed by atoms with van der Waals surface area (Å²) in [7, 11) is 1.29. The zero-order chi connectivity index (χ0) is 33.9. The van der Waals surface area contributed by atoms with Gasteiger partial charge >= 0.3 is 0 Å². The summed E-state index contributed by atoms with van der Waals surface area (Å²) in [5.41, 5.74) is 1.06. The molecule has 3 rings (SSSR count). The van der Waals surface area contributed by atoms with Crippen LogP contribution >= 0.6 is 0 Å². The monoisotopic (exact) mass is 655 g/mol. The van der Waals surface area contributed by atoms with Crippen LogP contribution in [0.3, 0.4) is 0 Å². The van der Waals surface area contributed by atoms with E-state index in [2.05, 4.69) is 5.32 Å². The van der Waals surface area contributed by atoms with Crippen molar-refractivity contribution in [3.05, 3.63) is 72.3 Å². The first-order valence-electron chi connectivity index (χ1n) is 15.1. The number of nitrogens with zero attached hydrogens (tertiary/aromatic N) is 2. The van der Waals surface area contributed by atoms with Crippen molar-refractivity contribution < 1.29 is 37.0 Å². The minimum Gasteiger partial charge on any atom is -0.497 e. The summed E-state index contributed by atoms with van der Waals surface area (Å²) in [5, 5.41) is 2.94. The van der Waals surface area contributed by atoms with E-state index in [4.69, 9.17) is 18.9 Å². The van der Waals surface area contributed by atoms with Gasteiger partial charge in [-0.25, -0.2) is 8.42 Å². The molecular weight excluding hydrogens is 610 g/mol. The van der Waals surface area contributed by atoms with Gasteiger partial charge in [0.1, 0.15) is 24.1 Å². The third kappa shape index (κ3) is 8.84. The summed E-state index contributed by atoms with van der Waals surface area (Å²) in [5.74, 6) is 0.449. The predicted molar refractivity (Wildman–Crippen MR) is 177 cm³/mol. The summed E-state index contributed by atoms with van der Waals surface area (Å²) in [6.07, 6.45) is 0.792. The lowest BCUT2D eigenvalue weighted by Gasteiger charge is -2.33. The number of ether oxygens (including phenoxy) is 4. The molecule has 12 heteroatoms. The third-order valence-corrected chi connectivity index (χ3v) is 9.19. The SMILES string of the molecule is CC[C@H](C(=O)NCC(C)C)N(CCc1ccccc1)C(=O)CN(c1cc(OC)ccc1OC)S(=O)(=O)c1ccc(OC)c(OC)c1. The van der Waals surface area contributed by atoms with Gasteiger partial charge in [-0.1, -0.05) is 51.1 Å². The van der Waals surface area contributed by atoms with Crippen molar-refractivity contribution in [1.82, 2.24) is 10.2 Å². The maximum Gasteiger partial charge on any atom is 0.265 e. The first kappa shape index (κ1) is 36.0. The minimum atomic E-state index is -4.42. The molecule has 1 N–H and O–H groups in total. The second-order valence-corrected chi connectivity index (χ2v) is 12.8. The van der Waals surface area contributed by atoms with Crippen LogP contribution in [0.1, 0.15) is 32.8 Å². The van der Waals surface area contributed by atoms with Crippen LogP contribution in [-0.2, 0) is 26.0 Å². The average Bonchev–Trinajstić information content (AvgIpc) is 3.07. The van der Waals surface area contributed by atoms with Gasteiger partial charge in [-0.3, -0.25) is 13.9 Å². The summed E-state index contributed by atoms with van der Waals surface area (Å²) in [6.45, 7) is 5.80. The Kier molecular flexibility index (Phi) is 13.1. The van der Waals surface area contributed by atoms with E-state index in [0.717, 1.165) is 9.87 Å². The van der Waals surface area contributed by atoms with Crippen LogP contribution < -0.4 is 28.6 Å². The fourth-order valence-corrected chi connectivity index (χ4v) is 6.36. The van der Waals surface area contributed by atoms with Gasteiger partial charge in [0.25, 0.3) is 10.0 Å². The van der Waals surface area contributed by atoms with Crippen LogP contribution in [0.5, 0.6) is 23.0 Å². The highest BCUT2D eigenvalue weighted by atomic mass is 32.2. The van der Waals surface area contributed by atoms with Gasteiger partial charge < -0.3 is 29.2 Å². The summed E-state index contributed by atoms with van der Waals surface area (Å²) in [6, 6.07) is 17.6. The molecule has 11 nitrogen and oxygen atoms in total. The van der Waals surface area contributed by atoms with Crippen molar-refractivity contribution in [2.24, 2.45) is 5.92 Å². The second kappa shape index (κ2) is 16.7. The Morgan fingerprint density at radius 3 is 2.07 bits per heavy atom. The maximum absolute atomic E-state index is 14.4. The molecule has 0 radical (unpaired) electrons. The Hall–Kier alpha value is -4.45. The van der Waals surface area contributed by atoms with Crippen LogP contribution in [0, 0.1) is 5.92 Å². The fourth-order valence-electron chi connectivity index (χ4n) is 4.93. The van der Waals surface area contributed by atoms with E-state index in [0.29, 0.717) is 30.9 Å². The highest BCUT2D eigenvalue weighted by Gasteiger charge is 2.35. The molecule has 0 aromatic heterocycles. The number of anilines is 1. The van der Waals surface area contributed by atoms with E-state index >= 15 is 0 Å². The Morgan fingerprint density at radius 1 is 0.826 bits per heavy atom. The van der Waals surface area contributed by atoms with E-state index < -0.39 is 28.5 Å². The first-order valence-corrected chi connectivity index (χ1v) is 16.5. The number of hydrogen-bond acceptors (Lipinski definition) is 8. The van der Waals surface area contributed by atoms with Gasteiger partial charge in [0, 0.05) is 25.2 Å². The Labute approximate surface area is 272 Å². The summed E-state index contributed by atoms with van der Waals surface area (Å²) in [4.78, 5) is 29.1. The van der Waals surface area contributed by atoms with Gasteiger partial charge in [0.05, 0.1) is 39.0 Å². The molecule has 0 aliphatic rings. The van der Waals surface area contributed by atoms with Crippen molar-refractivity contribution in [3.63, 3.8) is 0 Å². The number of amides is 2. The number of carbonyl (C=O) groups is 2. The van der Waals surface area contributed by atoms with Crippen molar-refractivity contribution >= 4 is 27.5 Å². The van der Waals surface area contributed by atoms with E-state index in [9.17, 15) is 18.0 Å².